The summed E-state index contributed by atoms with van der Waals surface area (Å²) in [6.45, 7) is 6.10. The van der Waals surface area contributed by atoms with Crippen LogP contribution in [0.2, 0.25) is 0 Å². The summed E-state index contributed by atoms with van der Waals surface area (Å²) in [6.07, 6.45) is -5.62. The van der Waals surface area contributed by atoms with Gasteiger partial charge in [0.25, 0.3) is 0 Å². The molecule has 1 fully saturated rings. The first-order valence-corrected chi connectivity index (χ1v) is 13.9. The van der Waals surface area contributed by atoms with Gasteiger partial charge in [-0.25, -0.2) is 0 Å². The zero-order valence-corrected chi connectivity index (χ0v) is 24.6. The number of benzene rings is 1. The Morgan fingerprint density at radius 1 is 0.881 bits per heavy atom. The predicted octanol–water partition coefficient (Wildman–Crippen LogP) is 2.67. The quantitative estimate of drug-likeness (QED) is 0.196. The minimum Gasteiger partial charge on any atom is -0.466 e. The van der Waals surface area contributed by atoms with Crippen molar-refractivity contribution in [1.82, 2.24) is 0 Å². The van der Waals surface area contributed by atoms with Gasteiger partial charge in [-0.1, -0.05) is 0 Å². The molecule has 0 amide bonds. The predicted molar refractivity (Wildman–Crippen MR) is 145 cm³/mol. The van der Waals surface area contributed by atoms with E-state index in [2.05, 4.69) is 0 Å². The van der Waals surface area contributed by atoms with E-state index < -0.39 is 61.2 Å². The first-order valence-electron chi connectivity index (χ1n) is 13.1. The van der Waals surface area contributed by atoms with Gasteiger partial charge in [-0.2, -0.15) is 0 Å². The molecule has 228 valence electrons. The van der Waals surface area contributed by atoms with Crippen molar-refractivity contribution in [3.05, 3.63) is 28.6 Å². The van der Waals surface area contributed by atoms with Crippen LogP contribution in [0.15, 0.2) is 18.2 Å². The Bertz CT molecular complexity index is 1330. The van der Waals surface area contributed by atoms with Crippen molar-refractivity contribution in [1.29, 1.82) is 0 Å². The summed E-state index contributed by atoms with van der Waals surface area (Å²) in [5, 5.41) is 0.510. The molecule has 14 heteroatoms. The van der Waals surface area contributed by atoms with Crippen molar-refractivity contribution in [3.8, 4) is 5.75 Å². The largest absolute Gasteiger partial charge is 0.466 e. The summed E-state index contributed by atoms with van der Waals surface area (Å²) in [5.74, 6) is -3.09. The number of thiophene rings is 1. The van der Waals surface area contributed by atoms with E-state index in [4.69, 9.17) is 33.2 Å². The summed E-state index contributed by atoms with van der Waals surface area (Å²) < 4.78 is 39.1. The minimum absolute atomic E-state index is 0.132. The molecular weight excluding hydrogens is 576 g/mol. The number of fused-ring (bicyclic) bond motifs is 1. The fraction of sp³-hybridized carbons (Fsp3) is 0.500. The van der Waals surface area contributed by atoms with Gasteiger partial charge in [0.2, 0.25) is 12.4 Å². The summed E-state index contributed by atoms with van der Waals surface area (Å²) in [4.78, 5) is 72.1. The number of esters is 5. The minimum atomic E-state index is -1.45. The molecule has 0 N–H and O–H groups in total. The summed E-state index contributed by atoms with van der Waals surface area (Å²) >= 11 is 1.29. The van der Waals surface area contributed by atoms with Crippen LogP contribution in [0.25, 0.3) is 10.1 Å². The second-order valence-electron chi connectivity index (χ2n) is 9.22. The smallest absolute Gasteiger partial charge is 0.306 e. The molecule has 13 nitrogen and oxygen atoms in total. The van der Waals surface area contributed by atoms with Gasteiger partial charge in [-0.05, 0) is 31.5 Å². The monoisotopic (exact) mass is 608 g/mol. The van der Waals surface area contributed by atoms with E-state index in [1.807, 2.05) is 0 Å². The lowest BCUT2D eigenvalue weighted by molar-refractivity contribution is -0.288. The van der Waals surface area contributed by atoms with Crippen molar-refractivity contribution in [2.45, 2.75) is 78.2 Å². The van der Waals surface area contributed by atoms with Crippen LogP contribution in [0.1, 0.15) is 56.3 Å². The molecule has 1 aliphatic heterocycles. The third-order valence-corrected chi connectivity index (χ3v) is 7.17. The second-order valence-corrected chi connectivity index (χ2v) is 10.4. The number of carbonyl (C=O) groups is 6. The Morgan fingerprint density at radius 2 is 1.52 bits per heavy atom. The summed E-state index contributed by atoms with van der Waals surface area (Å²) in [6, 6.07) is 4.80. The highest BCUT2D eigenvalue weighted by Crippen LogP contribution is 2.38. The molecule has 1 aromatic carbocycles. The van der Waals surface area contributed by atoms with Crippen molar-refractivity contribution in [2.75, 3.05) is 13.2 Å². The molecule has 0 unspecified atom stereocenters. The fourth-order valence-electron chi connectivity index (χ4n) is 4.36. The van der Waals surface area contributed by atoms with Crippen LogP contribution in [-0.2, 0) is 58.8 Å². The molecule has 1 aliphatic rings. The lowest BCUT2D eigenvalue weighted by Crippen LogP contribution is -2.63. The molecule has 0 saturated carbocycles. The molecule has 42 heavy (non-hydrogen) atoms. The van der Waals surface area contributed by atoms with Crippen LogP contribution in [0.4, 0.5) is 0 Å². The van der Waals surface area contributed by atoms with E-state index in [1.165, 1.54) is 30.4 Å². The van der Waals surface area contributed by atoms with Crippen molar-refractivity contribution in [3.63, 3.8) is 0 Å². The second kappa shape index (κ2) is 14.7. The standard InChI is InChI=1S/C28H32O13S/c1-6-35-23(34)10-8-19-11-20-21(9-7-18(12-29)27(20)42-19)40-28-26(39-17(5)33)25(38-16(4)32)24(37-15(3)31)22(41-28)13-36-14(2)30/h7,9,11-12,22,24-26,28H,6,8,10,13H2,1-5H3/t22-,24+,25+,26-,28-/m1/s1. The number of rotatable bonds is 12. The topological polar surface area (TPSA) is 167 Å². The molecule has 1 saturated heterocycles. The van der Waals surface area contributed by atoms with E-state index in [0.29, 0.717) is 28.4 Å². The average Bonchev–Trinajstić information content (AvgIpc) is 3.34. The molecule has 0 radical (unpaired) electrons. The van der Waals surface area contributed by atoms with Gasteiger partial charge in [0, 0.05) is 48.2 Å². The molecule has 2 aromatic rings. The molecule has 5 atom stereocenters. The van der Waals surface area contributed by atoms with E-state index in [1.54, 1.807) is 13.0 Å². The number of ether oxygens (including phenoxy) is 7. The molecule has 2 heterocycles. The maximum absolute atomic E-state index is 12.1. The maximum atomic E-state index is 12.1. The zero-order chi connectivity index (χ0) is 31.0. The molecule has 0 aliphatic carbocycles. The normalized spacial score (nSPS) is 21.6. The van der Waals surface area contributed by atoms with E-state index >= 15 is 0 Å². The molecular formula is C28H32O13S. The van der Waals surface area contributed by atoms with Gasteiger partial charge in [0.05, 0.1) is 13.0 Å². The van der Waals surface area contributed by atoms with Crippen molar-refractivity contribution in [2.24, 2.45) is 0 Å². The van der Waals surface area contributed by atoms with Crippen LogP contribution in [0.5, 0.6) is 5.75 Å². The average molecular weight is 609 g/mol. The van der Waals surface area contributed by atoms with Crippen LogP contribution < -0.4 is 4.74 Å². The van der Waals surface area contributed by atoms with Crippen LogP contribution in [0.3, 0.4) is 0 Å². The maximum Gasteiger partial charge on any atom is 0.306 e. The van der Waals surface area contributed by atoms with Gasteiger partial charge in [0.1, 0.15) is 18.5 Å². The summed E-state index contributed by atoms with van der Waals surface area (Å²) in [7, 11) is 0. The Labute approximate surface area is 245 Å². The highest BCUT2D eigenvalue weighted by molar-refractivity contribution is 7.19. The van der Waals surface area contributed by atoms with Crippen LogP contribution in [0, 0.1) is 0 Å². The number of carbonyl (C=O) groups excluding carboxylic acids is 6. The van der Waals surface area contributed by atoms with Gasteiger partial charge in [-0.15, -0.1) is 11.3 Å². The number of hydrogen-bond donors (Lipinski definition) is 0. The van der Waals surface area contributed by atoms with Gasteiger partial charge in [0.15, 0.2) is 18.5 Å². The number of hydrogen-bond acceptors (Lipinski definition) is 14. The van der Waals surface area contributed by atoms with Gasteiger partial charge < -0.3 is 33.2 Å². The van der Waals surface area contributed by atoms with Gasteiger partial charge >= 0.3 is 29.8 Å². The summed E-state index contributed by atoms with van der Waals surface area (Å²) in [5.41, 5.74) is 0.381. The lowest BCUT2D eigenvalue weighted by Gasteiger charge is -2.44. The van der Waals surface area contributed by atoms with Crippen molar-refractivity contribution >= 4 is 57.6 Å². The van der Waals surface area contributed by atoms with E-state index in [9.17, 15) is 28.8 Å². The van der Waals surface area contributed by atoms with E-state index in [-0.39, 0.29) is 24.7 Å². The highest BCUT2D eigenvalue weighted by atomic mass is 32.1. The Balaban J connectivity index is 2.04. The number of aryl methyl sites for hydroxylation is 1. The van der Waals surface area contributed by atoms with Crippen LogP contribution >= 0.6 is 11.3 Å². The lowest BCUT2D eigenvalue weighted by atomic mass is 9.98. The van der Waals surface area contributed by atoms with Gasteiger partial charge in [-0.3, -0.25) is 28.8 Å². The highest BCUT2D eigenvalue weighted by Gasteiger charge is 2.53. The number of aldehydes is 1. The van der Waals surface area contributed by atoms with Crippen molar-refractivity contribution < 1.29 is 61.9 Å². The fourth-order valence-corrected chi connectivity index (χ4v) is 5.50. The molecule has 0 bridgehead atoms. The Kier molecular flexibility index (Phi) is 11.4. The zero-order valence-electron chi connectivity index (χ0n) is 23.7. The van der Waals surface area contributed by atoms with Crippen LogP contribution in [-0.4, -0.2) is 80.1 Å². The molecule has 1 aromatic heterocycles. The Morgan fingerprint density at radius 3 is 2.12 bits per heavy atom. The third kappa shape index (κ3) is 8.49. The molecule has 0 spiro atoms. The first kappa shape index (κ1) is 32.5. The SMILES string of the molecule is CCOC(=O)CCc1cc2c(O[C@@H]3O[C@H](COC(C)=O)[C@H](OC(C)=O)[C@H](OC(C)=O)[C@H]3OC(C)=O)ccc(C=O)c2s1. The first-order chi connectivity index (χ1) is 19.9. The third-order valence-electron chi connectivity index (χ3n) is 5.92. The Hall–Kier alpha value is -4.04. The van der Waals surface area contributed by atoms with E-state index in [0.717, 1.165) is 25.6 Å². The molecule has 3 rings (SSSR count).